The van der Waals surface area contributed by atoms with Crippen molar-refractivity contribution in [1.82, 2.24) is 15.1 Å². The van der Waals surface area contributed by atoms with E-state index in [4.69, 9.17) is 4.74 Å². The van der Waals surface area contributed by atoms with E-state index in [-0.39, 0.29) is 6.09 Å². The van der Waals surface area contributed by atoms with Crippen LogP contribution in [0.4, 0.5) is 4.79 Å². The summed E-state index contributed by atoms with van der Waals surface area (Å²) in [7, 11) is 3.96. The van der Waals surface area contributed by atoms with Gasteiger partial charge in [-0.05, 0) is 66.2 Å². The fourth-order valence-corrected chi connectivity index (χ4v) is 2.25. The molecule has 0 radical (unpaired) electrons. The summed E-state index contributed by atoms with van der Waals surface area (Å²) in [6.45, 7) is 10.6. The van der Waals surface area contributed by atoms with Gasteiger partial charge in [0, 0.05) is 20.1 Å². The van der Waals surface area contributed by atoms with Gasteiger partial charge in [-0.2, -0.15) is 0 Å². The third kappa shape index (κ3) is 7.10. The molecule has 0 saturated carbocycles. The fourth-order valence-electron chi connectivity index (χ4n) is 2.25. The van der Waals surface area contributed by atoms with Crippen molar-refractivity contribution in [3.63, 3.8) is 0 Å². The minimum Gasteiger partial charge on any atom is -0.444 e. The summed E-state index contributed by atoms with van der Waals surface area (Å²) in [5, 5.41) is 3.45. The number of likely N-dealkylation sites (N-methyl/N-ethyl adjacent to an activating group) is 1. The second kappa shape index (κ2) is 7.84. The van der Waals surface area contributed by atoms with Crippen molar-refractivity contribution in [3.8, 4) is 0 Å². The Kier molecular flexibility index (Phi) is 6.76. The van der Waals surface area contributed by atoms with Crippen LogP contribution in [0.1, 0.15) is 33.6 Å². The smallest absolute Gasteiger partial charge is 0.410 e. The van der Waals surface area contributed by atoms with Crippen molar-refractivity contribution in [2.45, 2.75) is 39.2 Å². The first-order valence-corrected chi connectivity index (χ1v) is 7.61. The number of carbonyl (C=O) groups excluding carboxylic acids is 1. The van der Waals surface area contributed by atoms with Crippen LogP contribution in [0.25, 0.3) is 0 Å². The molecule has 0 bridgehead atoms. The molecule has 0 aromatic heterocycles. The Balaban J connectivity index is 2.10. The monoisotopic (exact) mass is 285 g/mol. The largest absolute Gasteiger partial charge is 0.444 e. The van der Waals surface area contributed by atoms with Crippen molar-refractivity contribution in [1.29, 1.82) is 0 Å². The van der Waals surface area contributed by atoms with Crippen LogP contribution in [-0.2, 0) is 4.74 Å². The lowest BCUT2D eigenvalue weighted by molar-refractivity contribution is 0.0300. The maximum absolute atomic E-state index is 11.8. The molecule has 0 spiro atoms. The van der Waals surface area contributed by atoms with Crippen molar-refractivity contribution < 1.29 is 9.53 Å². The SMILES string of the molecule is CN1CCC(CNCCN(C)C(=O)OC(C)(C)C)CC1. The highest BCUT2D eigenvalue weighted by Crippen LogP contribution is 2.14. The maximum Gasteiger partial charge on any atom is 0.410 e. The highest BCUT2D eigenvalue weighted by Gasteiger charge is 2.19. The number of likely N-dealkylation sites (tertiary alicyclic amines) is 1. The van der Waals surface area contributed by atoms with Crippen molar-refractivity contribution in [3.05, 3.63) is 0 Å². The Labute approximate surface area is 123 Å². The van der Waals surface area contributed by atoms with E-state index in [1.54, 1.807) is 11.9 Å². The Hall–Kier alpha value is -0.810. The highest BCUT2D eigenvalue weighted by molar-refractivity contribution is 5.67. The van der Waals surface area contributed by atoms with E-state index in [2.05, 4.69) is 17.3 Å². The van der Waals surface area contributed by atoms with E-state index >= 15 is 0 Å². The number of carbonyl (C=O) groups is 1. The summed E-state index contributed by atoms with van der Waals surface area (Å²) >= 11 is 0. The molecular formula is C15H31N3O2. The summed E-state index contributed by atoms with van der Waals surface area (Å²) < 4.78 is 5.31. The standard InChI is InChI=1S/C15H31N3O2/c1-15(2,3)20-14(19)18(5)11-8-16-12-13-6-9-17(4)10-7-13/h13,16H,6-12H2,1-5H3. The quantitative estimate of drug-likeness (QED) is 0.782. The zero-order chi connectivity index (χ0) is 15.2. The molecule has 1 fully saturated rings. The molecule has 1 heterocycles. The third-order valence-corrected chi connectivity index (χ3v) is 3.60. The molecule has 5 heteroatoms. The molecule has 0 aliphatic carbocycles. The number of amides is 1. The summed E-state index contributed by atoms with van der Waals surface area (Å²) in [5.74, 6) is 0.776. The molecule has 1 amide bonds. The second-order valence-electron chi connectivity index (χ2n) is 6.85. The van der Waals surface area contributed by atoms with Gasteiger partial charge in [0.15, 0.2) is 0 Å². The summed E-state index contributed by atoms with van der Waals surface area (Å²) in [4.78, 5) is 15.8. The van der Waals surface area contributed by atoms with Crippen LogP contribution in [0.5, 0.6) is 0 Å². The van der Waals surface area contributed by atoms with Gasteiger partial charge in [0.1, 0.15) is 5.60 Å². The number of ether oxygens (including phenoxy) is 1. The van der Waals surface area contributed by atoms with E-state index in [9.17, 15) is 4.79 Å². The van der Waals surface area contributed by atoms with E-state index in [1.807, 2.05) is 20.8 Å². The molecule has 1 N–H and O–H groups in total. The van der Waals surface area contributed by atoms with Crippen molar-refractivity contribution in [2.75, 3.05) is 46.8 Å². The molecule has 5 nitrogen and oxygen atoms in total. The zero-order valence-corrected chi connectivity index (χ0v) is 13.7. The number of hydrogen-bond donors (Lipinski definition) is 1. The number of nitrogens with zero attached hydrogens (tertiary/aromatic N) is 2. The van der Waals surface area contributed by atoms with Crippen LogP contribution in [0.15, 0.2) is 0 Å². The second-order valence-corrected chi connectivity index (χ2v) is 6.85. The van der Waals surface area contributed by atoms with E-state index in [0.29, 0.717) is 6.54 Å². The van der Waals surface area contributed by atoms with Gasteiger partial charge in [0.25, 0.3) is 0 Å². The molecule has 20 heavy (non-hydrogen) atoms. The molecule has 1 aliphatic heterocycles. The molecule has 1 aliphatic rings. The zero-order valence-electron chi connectivity index (χ0n) is 13.7. The van der Waals surface area contributed by atoms with E-state index in [1.165, 1.54) is 25.9 Å². The van der Waals surface area contributed by atoms with Crippen LogP contribution >= 0.6 is 0 Å². The van der Waals surface area contributed by atoms with Gasteiger partial charge < -0.3 is 19.9 Å². The van der Waals surface area contributed by atoms with Gasteiger partial charge in [-0.15, -0.1) is 0 Å². The minimum absolute atomic E-state index is 0.251. The number of nitrogens with one attached hydrogen (secondary N) is 1. The van der Waals surface area contributed by atoms with Gasteiger partial charge in [-0.25, -0.2) is 4.79 Å². The average molecular weight is 285 g/mol. The average Bonchev–Trinajstić information content (AvgIpc) is 2.34. The summed E-state index contributed by atoms with van der Waals surface area (Å²) in [6, 6.07) is 0. The lowest BCUT2D eigenvalue weighted by atomic mass is 9.97. The summed E-state index contributed by atoms with van der Waals surface area (Å²) in [5.41, 5.74) is -0.424. The van der Waals surface area contributed by atoms with E-state index < -0.39 is 5.60 Å². The number of piperidine rings is 1. The normalized spacial score (nSPS) is 18.1. The first-order chi connectivity index (χ1) is 9.28. The molecule has 0 atom stereocenters. The van der Waals surface area contributed by atoms with Gasteiger partial charge >= 0.3 is 6.09 Å². The van der Waals surface area contributed by atoms with Crippen LogP contribution in [0.2, 0.25) is 0 Å². The molecule has 1 saturated heterocycles. The third-order valence-electron chi connectivity index (χ3n) is 3.60. The van der Waals surface area contributed by atoms with Crippen LogP contribution in [-0.4, -0.2) is 68.3 Å². The predicted octanol–water partition coefficient (Wildman–Crippen LogP) is 1.78. The van der Waals surface area contributed by atoms with Crippen molar-refractivity contribution >= 4 is 6.09 Å². The van der Waals surface area contributed by atoms with Crippen LogP contribution in [0, 0.1) is 5.92 Å². The minimum atomic E-state index is -0.424. The maximum atomic E-state index is 11.8. The highest BCUT2D eigenvalue weighted by atomic mass is 16.6. The molecule has 0 aromatic rings. The van der Waals surface area contributed by atoms with E-state index in [0.717, 1.165) is 19.0 Å². The molecule has 1 rings (SSSR count). The fraction of sp³-hybridized carbons (Fsp3) is 0.933. The van der Waals surface area contributed by atoms with Crippen LogP contribution < -0.4 is 5.32 Å². The van der Waals surface area contributed by atoms with Gasteiger partial charge in [0.2, 0.25) is 0 Å². The lowest BCUT2D eigenvalue weighted by Crippen LogP contribution is -2.40. The van der Waals surface area contributed by atoms with Gasteiger partial charge in [-0.1, -0.05) is 0 Å². The lowest BCUT2D eigenvalue weighted by Gasteiger charge is -2.29. The van der Waals surface area contributed by atoms with Gasteiger partial charge in [0.05, 0.1) is 0 Å². The number of rotatable bonds is 5. The molecular weight excluding hydrogens is 254 g/mol. The molecule has 118 valence electrons. The van der Waals surface area contributed by atoms with Crippen molar-refractivity contribution in [2.24, 2.45) is 5.92 Å². The first kappa shape index (κ1) is 17.2. The summed E-state index contributed by atoms with van der Waals surface area (Å²) in [6.07, 6.45) is 2.29. The predicted molar refractivity (Wildman–Crippen MR) is 82.0 cm³/mol. The Bertz CT molecular complexity index is 294. The Morgan fingerprint density at radius 3 is 2.50 bits per heavy atom. The molecule has 0 aromatic carbocycles. The molecule has 0 unspecified atom stereocenters. The topological polar surface area (TPSA) is 44.8 Å². The first-order valence-electron chi connectivity index (χ1n) is 7.61. The van der Waals surface area contributed by atoms with Gasteiger partial charge in [-0.3, -0.25) is 0 Å². The number of hydrogen-bond acceptors (Lipinski definition) is 4. The van der Waals surface area contributed by atoms with Crippen LogP contribution in [0.3, 0.4) is 0 Å². The Morgan fingerprint density at radius 2 is 1.95 bits per heavy atom. The Morgan fingerprint density at radius 1 is 1.35 bits per heavy atom.